The van der Waals surface area contributed by atoms with Gasteiger partial charge < -0.3 is 9.47 Å². The first-order chi connectivity index (χ1) is 11.1. The third-order valence-corrected chi connectivity index (χ3v) is 4.73. The minimum atomic E-state index is -0.360. The van der Waals surface area contributed by atoms with Crippen molar-refractivity contribution in [3.8, 4) is 11.4 Å². The normalized spacial score (nSPS) is 17.5. The van der Waals surface area contributed by atoms with Crippen LogP contribution in [0.2, 0.25) is 0 Å². The Morgan fingerprint density at radius 1 is 1.39 bits per heavy atom. The molecule has 0 bridgehead atoms. The summed E-state index contributed by atoms with van der Waals surface area (Å²) in [6, 6.07) is 7.98. The molecule has 1 fully saturated rings. The van der Waals surface area contributed by atoms with Crippen molar-refractivity contribution in [1.82, 2.24) is 9.78 Å². The van der Waals surface area contributed by atoms with Crippen LogP contribution in [-0.4, -0.2) is 29.0 Å². The molecule has 2 aromatic rings. The number of hydrogen-bond donors (Lipinski definition) is 0. The van der Waals surface area contributed by atoms with Crippen molar-refractivity contribution >= 4 is 5.97 Å². The predicted octanol–water partition coefficient (Wildman–Crippen LogP) is 3.04. The number of rotatable bonds is 4. The molecule has 5 nitrogen and oxygen atoms in total. The van der Waals surface area contributed by atoms with Crippen LogP contribution in [0.4, 0.5) is 0 Å². The van der Waals surface area contributed by atoms with Crippen LogP contribution in [0, 0.1) is 0 Å². The van der Waals surface area contributed by atoms with Crippen molar-refractivity contribution < 1.29 is 14.3 Å². The molecular weight excluding hydrogens is 292 g/mol. The van der Waals surface area contributed by atoms with Gasteiger partial charge in [0, 0.05) is 11.8 Å². The molecule has 0 unspecified atom stereocenters. The van der Waals surface area contributed by atoms with Gasteiger partial charge in [0.05, 0.1) is 24.6 Å². The summed E-state index contributed by atoms with van der Waals surface area (Å²) in [4.78, 5) is 12.1. The molecule has 0 amide bonds. The highest BCUT2D eigenvalue weighted by Crippen LogP contribution is 2.48. The molecule has 23 heavy (non-hydrogen) atoms. The number of nitrogens with zero attached hydrogens (tertiary/aromatic N) is 2. The Morgan fingerprint density at radius 3 is 2.96 bits per heavy atom. The maximum absolute atomic E-state index is 12.1. The van der Waals surface area contributed by atoms with E-state index in [-0.39, 0.29) is 11.4 Å². The lowest BCUT2D eigenvalue weighted by Gasteiger charge is -2.13. The second kappa shape index (κ2) is 5.11. The summed E-state index contributed by atoms with van der Waals surface area (Å²) in [5.74, 6) is 0.590. The molecular formula is C18H20N2O3. The SMILES string of the molecule is CCOC(=O)c1cc(C2(C)CC2)n(-c2ccc3c(c2)CCO3)n1. The molecule has 1 aromatic heterocycles. The van der Waals surface area contributed by atoms with Crippen molar-refractivity contribution in [2.75, 3.05) is 13.2 Å². The first kappa shape index (κ1) is 14.3. The highest BCUT2D eigenvalue weighted by atomic mass is 16.5. The average molecular weight is 312 g/mol. The zero-order valence-corrected chi connectivity index (χ0v) is 13.5. The van der Waals surface area contributed by atoms with Crippen LogP contribution in [0.25, 0.3) is 5.69 Å². The smallest absolute Gasteiger partial charge is 0.358 e. The largest absolute Gasteiger partial charge is 0.493 e. The highest BCUT2D eigenvalue weighted by Gasteiger charge is 2.43. The van der Waals surface area contributed by atoms with Crippen molar-refractivity contribution in [1.29, 1.82) is 0 Å². The summed E-state index contributed by atoms with van der Waals surface area (Å²) in [5.41, 5.74) is 3.74. The Bertz CT molecular complexity index is 775. The van der Waals surface area contributed by atoms with Crippen LogP contribution in [0.5, 0.6) is 5.75 Å². The Kier molecular flexibility index (Phi) is 3.18. The van der Waals surface area contributed by atoms with Gasteiger partial charge in [-0.3, -0.25) is 0 Å². The predicted molar refractivity (Wildman–Crippen MR) is 85.3 cm³/mol. The Labute approximate surface area is 135 Å². The topological polar surface area (TPSA) is 53.4 Å². The van der Waals surface area contributed by atoms with E-state index in [1.807, 2.05) is 22.9 Å². The Morgan fingerprint density at radius 2 is 2.22 bits per heavy atom. The quantitative estimate of drug-likeness (QED) is 0.814. The fourth-order valence-corrected chi connectivity index (χ4v) is 3.06. The first-order valence-corrected chi connectivity index (χ1v) is 8.14. The molecule has 1 aliphatic heterocycles. The Hall–Kier alpha value is -2.30. The number of carbonyl (C=O) groups is 1. The van der Waals surface area contributed by atoms with Crippen molar-refractivity contribution in [2.45, 2.75) is 38.5 Å². The van der Waals surface area contributed by atoms with E-state index in [0.29, 0.717) is 12.3 Å². The van der Waals surface area contributed by atoms with Gasteiger partial charge >= 0.3 is 5.97 Å². The molecule has 1 aliphatic carbocycles. The molecule has 0 radical (unpaired) electrons. The van der Waals surface area contributed by atoms with Crippen molar-refractivity contribution in [3.05, 3.63) is 41.2 Å². The van der Waals surface area contributed by atoms with Crippen LogP contribution >= 0.6 is 0 Å². The van der Waals surface area contributed by atoms with Gasteiger partial charge in [-0.15, -0.1) is 0 Å². The molecule has 0 saturated heterocycles. The fourth-order valence-electron chi connectivity index (χ4n) is 3.06. The third kappa shape index (κ3) is 2.40. The maximum Gasteiger partial charge on any atom is 0.358 e. The monoisotopic (exact) mass is 312 g/mol. The fraction of sp³-hybridized carbons (Fsp3) is 0.444. The number of carbonyl (C=O) groups excluding carboxylic acids is 1. The standard InChI is InChI=1S/C18H20N2O3/c1-3-22-17(21)14-11-16(18(2)7-8-18)20(19-14)13-4-5-15-12(10-13)6-9-23-15/h4-5,10-11H,3,6-9H2,1-2H3. The van der Waals surface area contributed by atoms with Gasteiger partial charge in [0.1, 0.15) is 5.75 Å². The molecule has 120 valence electrons. The van der Waals surface area contributed by atoms with E-state index in [1.165, 1.54) is 5.56 Å². The van der Waals surface area contributed by atoms with Crippen molar-refractivity contribution in [3.63, 3.8) is 0 Å². The van der Waals surface area contributed by atoms with E-state index in [2.05, 4.69) is 18.1 Å². The molecule has 1 aromatic carbocycles. The number of aromatic nitrogens is 2. The van der Waals surface area contributed by atoms with E-state index in [9.17, 15) is 4.79 Å². The summed E-state index contributed by atoms with van der Waals surface area (Å²) >= 11 is 0. The third-order valence-electron chi connectivity index (χ3n) is 4.73. The minimum Gasteiger partial charge on any atom is -0.493 e. The van der Waals surface area contributed by atoms with E-state index < -0.39 is 0 Å². The number of benzene rings is 1. The van der Waals surface area contributed by atoms with E-state index in [1.54, 1.807) is 6.92 Å². The zero-order valence-electron chi connectivity index (χ0n) is 13.5. The lowest BCUT2D eigenvalue weighted by Crippen LogP contribution is -2.10. The summed E-state index contributed by atoms with van der Waals surface area (Å²) in [6.07, 6.45) is 3.16. The minimum absolute atomic E-state index is 0.104. The molecule has 0 atom stereocenters. The van der Waals surface area contributed by atoms with E-state index in [0.717, 1.165) is 43.0 Å². The molecule has 4 rings (SSSR count). The number of hydrogen-bond acceptors (Lipinski definition) is 4. The van der Waals surface area contributed by atoms with Gasteiger partial charge in [-0.05, 0) is 49.6 Å². The molecule has 5 heteroatoms. The van der Waals surface area contributed by atoms with Crippen LogP contribution in [0.15, 0.2) is 24.3 Å². The van der Waals surface area contributed by atoms with Gasteiger partial charge in [-0.2, -0.15) is 5.10 Å². The highest BCUT2D eigenvalue weighted by molar-refractivity contribution is 5.87. The van der Waals surface area contributed by atoms with Crippen LogP contribution in [-0.2, 0) is 16.6 Å². The van der Waals surface area contributed by atoms with Gasteiger partial charge in [0.15, 0.2) is 5.69 Å². The van der Waals surface area contributed by atoms with Crippen LogP contribution < -0.4 is 4.74 Å². The molecule has 0 N–H and O–H groups in total. The summed E-state index contributed by atoms with van der Waals surface area (Å²) in [5, 5.41) is 4.53. The van der Waals surface area contributed by atoms with Crippen molar-refractivity contribution in [2.24, 2.45) is 0 Å². The Balaban J connectivity index is 1.79. The van der Waals surface area contributed by atoms with Gasteiger partial charge in [0.2, 0.25) is 0 Å². The first-order valence-electron chi connectivity index (χ1n) is 8.14. The summed E-state index contributed by atoms with van der Waals surface area (Å²) < 4.78 is 12.6. The summed E-state index contributed by atoms with van der Waals surface area (Å²) in [6.45, 7) is 5.11. The molecule has 0 spiro atoms. The molecule has 2 heterocycles. The second-order valence-electron chi connectivity index (χ2n) is 6.50. The van der Waals surface area contributed by atoms with Crippen LogP contribution in [0.1, 0.15) is 48.4 Å². The van der Waals surface area contributed by atoms with Crippen LogP contribution in [0.3, 0.4) is 0 Å². The lowest BCUT2D eigenvalue weighted by molar-refractivity contribution is 0.0519. The number of ether oxygens (including phenoxy) is 2. The van der Waals surface area contributed by atoms with E-state index in [4.69, 9.17) is 9.47 Å². The van der Waals surface area contributed by atoms with Gasteiger partial charge in [-0.25, -0.2) is 9.48 Å². The number of esters is 1. The second-order valence-corrected chi connectivity index (χ2v) is 6.50. The number of fused-ring (bicyclic) bond motifs is 1. The van der Waals surface area contributed by atoms with Gasteiger partial charge in [0.25, 0.3) is 0 Å². The summed E-state index contributed by atoms with van der Waals surface area (Å²) in [7, 11) is 0. The maximum atomic E-state index is 12.1. The lowest BCUT2D eigenvalue weighted by atomic mass is 10.0. The molecule has 1 saturated carbocycles. The zero-order chi connectivity index (χ0) is 16.0. The molecule has 2 aliphatic rings. The average Bonchev–Trinajstić information content (AvgIpc) is 3.00. The van der Waals surface area contributed by atoms with E-state index >= 15 is 0 Å². The van der Waals surface area contributed by atoms with Gasteiger partial charge in [-0.1, -0.05) is 6.92 Å².